The quantitative estimate of drug-likeness (QED) is 0.771. The molecule has 0 bridgehead atoms. The third-order valence-corrected chi connectivity index (χ3v) is 4.58. The van der Waals surface area contributed by atoms with Gasteiger partial charge in [-0.25, -0.2) is 0 Å². The van der Waals surface area contributed by atoms with Gasteiger partial charge in [0.15, 0.2) is 0 Å². The number of hydrogen-bond donors (Lipinski definition) is 1. The zero-order valence-electron chi connectivity index (χ0n) is 13.2. The highest BCUT2D eigenvalue weighted by Crippen LogP contribution is 2.25. The SMILES string of the molecule is COCCC(C)(C)CNCc1cc(-c2ccccc2)cs1. The van der Waals surface area contributed by atoms with Crippen LogP contribution in [-0.4, -0.2) is 20.3 Å². The average Bonchev–Trinajstić information content (AvgIpc) is 2.95. The number of rotatable bonds is 8. The average molecular weight is 303 g/mol. The Balaban J connectivity index is 1.83. The van der Waals surface area contributed by atoms with E-state index in [1.807, 2.05) is 11.3 Å². The molecule has 0 saturated carbocycles. The number of thiophene rings is 1. The van der Waals surface area contributed by atoms with Crippen LogP contribution in [0.5, 0.6) is 0 Å². The molecule has 1 aromatic heterocycles. The van der Waals surface area contributed by atoms with Gasteiger partial charge in [0.25, 0.3) is 0 Å². The third-order valence-electron chi connectivity index (χ3n) is 3.65. The third kappa shape index (κ3) is 5.27. The monoisotopic (exact) mass is 303 g/mol. The van der Waals surface area contributed by atoms with E-state index in [2.05, 4.69) is 60.9 Å². The van der Waals surface area contributed by atoms with Crippen LogP contribution in [0.3, 0.4) is 0 Å². The number of nitrogens with one attached hydrogen (secondary N) is 1. The Kier molecular flexibility index (Phi) is 5.97. The van der Waals surface area contributed by atoms with Crippen molar-refractivity contribution in [1.82, 2.24) is 5.32 Å². The van der Waals surface area contributed by atoms with Crippen molar-refractivity contribution in [1.29, 1.82) is 0 Å². The maximum atomic E-state index is 5.17. The van der Waals surface area contributed by atoms with Crippen molar-refractivity contribution in [2.45, 2.75) is 26.8 Å². The summed E-state index contributed by atoms with van der Waals surface area (Å²) in [6, 6.07) is 12.8. The van der Waals surface area contributed by atoms with Crippen LogP contribution in [0, 0.1) is 5.41 Å². The first-order chi connectivity index (χ1) is 10.1. The fraction of sp³-hybridized carbons (Fsp3) is 0.444. The molecule has 21 heavy (non-hydrogen) atoms. The molecule has 0 radical (unpaired) electrons. The molecule has 0 amide bonds. The van der Waals surface area contributed by atoms with Crippen molar-refractivity contribution in [2.75, 3.05) is 20.3 Å². The largest absolute Gasteiger partial charge is 0.385 e. The second-order valence-electron chi connectivity index (χ2n) is 6.18. The zero-order chi connectivity index (χ0) is 15.1. The lowest BCUT2D eigenvalue weighted by molar-refractivity contribution is 0.150. The number of hydrogen-bond acceptors (Lipinski definition) is 3. The van der Waals surface area contributed by atoms with Crippen molar-refractivity contribution in [3.8, 4) is 11.1 Å². The minimum absolute atomic E-state index is 0.273. The molecule has 0 atom stereocenters. The van der Waals surface area contributed by atoms with Gasteiger partial charge in [0.2, 0.25) is 0 Å². The second kappa shape index (κ2) is 7.74. The van der Waals surface area contributed by atoms with E-state index in [1.165, 1.54) is 16.0 Å². The van der Waals surface area contributed by atoms with Crippen molar-refractivity contribution >= 4 is 11.3 Å². The molecule has 0 saturated heterocycles. The molecule has 2 nitrogen and oxygen atoms in total. The van der Waals surface area contributed by atoms with Crippen molar-refractivity contribution in [3.05, 3.63) is 46.7 Å². The van der Waals surface area contributed by atoms with Gasteiger partial charge in [0, 0.05) is 31.7 Å². The Morgan fingerprint density at radius 2 is 1.90 bits per heavy atom. The molecule has 114 valence electrons. The maximum Gasteiger partial charge on any atom is 0.0467 e. The van der Waals surface area contributed by atoms with Gasteiger partial charge in [0.1, 0.15) is 0 Å². The number of ether oxygens (including phenoxy) is 1. The van der Waals surface area contributed by atoms with Gasteiger partial charge >= 0.3 is 0 Å². The Hall–Kier alpha value is -1.16. The van der Waals surface area contributed by atoms with E-state index < -0.39 is 0 Å². The summed E-state index contributed by atoms with van der Waals surface area (Å²) in [6.45, 7) is 7.33. The van der Waals surface area contributed by atoms with Crippen LogP contribution in [0.25, 0.3) is 11.1 Å². The standard InChI is InChI=1S/C18H25NOS/c1-18(2,9-10-20-3)14-19-12-17-11-16(13-21-17)15-7-5-4-6-8-15/h4-8,11,13,19H,9-10,12,14H2,1-3H3. The Labute approximate surface area is 132 Å². The molecule has 0 aliphatic rings. The molecule has 1 N–H and O–H groups in total. The van der Waals surface area contributed by atoms with E-state index in [-0.39, 0.29) is 5.41 Å². The molecule has 0 aliphatic heterocycles. The zero-order valence-corrected chi connectivity index (χ0v) is 14.0. The van der Waals surface area contributed by atoms with Crippen LogP contribution in [-0.2, 0) is 11.3 Å². The fourth-order valence-electron chi connectivity index (χ4n) is 2.25. The summed E-state index contributed by atoms with van der Waals surface area (Å²) in [5.74, 6) is 0. The van der Waals surface area contributed by atoms with Crippen LogP contribution in [0.4, 0.5) is 0 Å². The Bertz CT molecular complexity index is 533. The van der Waals surface area contributed by atoms with Crippen LogP contribution in [0.2, 0.25) is 0 Å². The molecule has 2 rings (SSSR count). The van der Waals surface area contributed by atoms with Crippen molar-refractivity contribution in [3.63, 3.8) is 0 Å². The summed E-state index contributed by atoms with van der Waals surface area (Å²) in [6.07, 6.45) is 1.08. The molecule has 2 aromatic rings. The van der Waals surface area contributed by atoms with Gasteiger partial charge in [-0.05, 0) is 34.4 Å². The lowest BCUT2D eigenvalue weighted by Crippen LogP contribution is -2.29. The molecular formula is C18H25NOS. The van der Waals surface area contributed by atoms with E-state index in [1.54, 1.807) is 7.11 Å². The van der Waals surface area contributed by atoms with Crippen LogP contribution < -0.4 is 5.32 Å². The highest BCUT2D eigenvalue weighted by Gasteiger charge is 2.16. The highest BCUT2D eigenvalue weighted by atomic mass is 32.1. The van der Waals surface area contributed by atoms with Gasteiger partial charge in [-0.3, -0.25) is 0 Å². The lowest BCUT2D eigenvalue weighted by Gasteiger charge is -2.24. The minimum Gasteiger partial charge on any atom is -0.385 e. The first-order valence-corrected chi connectivity index (χ1v) is 8.31. The van der Waals surface area contributed by atoms with Crippen molar-refractivity contribution in [2.24, 2.45) is 5.41 Å². The lowest BCUT2D eigenvalue weighted by atomic mass is 9.90. The van der Waals surface area contributed by atoms with Crippen molar-refractivity contribution < 1.29 is 4.74 Å². The summed E-state index contributed by atoms with van der Waals surface area (Å²) in [5.41, 5.74) is 2.88. The molecule has 3 heteroatoms. The Morgan fingerprint density at radius 1 is 1.14 bits per heavy atom. The summed E-state index contributed by atoms with van der Waals surface area (Å²) in [5, 5.41) is 5.81. The Morgan fingerprint density at radius 3 is 2.62 bits per heavy atom. The second-order valence-corrected chi connectivity index (χ2v) is 7.17. The predicted octanol–water partition coefficient (Wildman–Crippen LogP) is 4.57. The summed E-state index contributed by atoms with van der Waals surface area (Å²) in [7, 11) is 1.76. The molecule has 0 spiro atoms. The van der Waals surface area contributed by atoms with E-state index in [4.69, 9.17) is 4.74 Å². The van der Waals surface area contributed by atoms with Gasteiger partial charge in [-0.1, -0.05) is 44.2 Å². The highest BCUT2D eigenvalue weighted by molar-refractivity contribution is 7.10. The smallest absolute Gasteiger partial charge is 0.0467 e. The van der Waals surface area contributed by atoms with E-state index >= 15 is 0 Å². The summed E-state index contributed by atoms with van der Waals surface area (Å²) >= 11 is 1.83. The van der Waals surface area contributed by atoms with Gasteiger partial charge in [-0.2, -0.15) is 0 Å². The number of methoxy groups -OCH3 is 1. The molecule has 0 unspecified atom stereocenters. The molecule has 1 aromatic carbocycles. The first-order valence-electron chi connectivity index (χ1n) is 7.43. The minimum atomic E-state index is 0.273. The predicted molar refractivity (Wildman–Crippen MR) is 91.7 cm³/mol. The normalized spacial score (nSPS) is 11.8. The van der Waals surface area contributed by atoms with Gasteiger partial charge < -0.3 is 10.1 Å². The van der Waals surface area contributed by atoms with Crippen LogP contribution in [0.1, 0.15) is 25.1 Å². The van der Waals surface area contributed by atoms with Gasteiger partial charge in [0.05, 0.1) is 0 Å². The fourth-order valence-corrected chi connectivity index (χ4v) is 3.11. The van der Waals surface area contributed by atoms with Crippen LogP contribution in [0.15, 0.2) is 41.8 Å². The molecular weight excluding hydrogens is 278 g/mol. The maximum absolute atomic E-state index is 5.17. The summed E-state index contributed by atoms with van der Waals surface area (Å²) in [4.78, 5) is 1.39. The van der Waals surface area contributed by atoms with E-state index in [9.17, 15) is 0 Å². The van der Waals surface area contributed by atoms with Crippen LogP contribution >= 0.6 is 11.3 Å². The number of benzene rings is 1. The molecule has 0 aliphatic carbocycles. The van der Waals surface area contributed by atoms with E-state index in [0.717, 1.165) is 26.1 Å². The molecule has 0 fully saturated rings. The van der Waals surface area contributed by atoms with Gasteiger partial charge in [-0.15, -0.1) is 11.3 Å². The molecule has 1 heterocycles. The summed E-state index contributed by atoms with van der Waals surface area (Å²) < 4.78 is 5.17. The van der Waals surface area contributed by atoms with E-state index in [0.29, 0.717) is 0 Å². The first kappa shape index (κ1) is 16.2. The topological polar surface area (TPSA) is 21.3 Å².